The molecule has 0 saturated heterocycles. The van der Waals surface area contributed by atoms with Crippen LogP contribution in [0.2, 0.25) is 0 Å². The van der Waals surface area contributed by atoms with Crippen LogP contribution in [0.5, 0.6) is 0 Å². The number of aryl methyl sites for hydroxylation is 1. The van der Waals surface area contributed by atoms with Gasteiger partial charge < -0.3 is 10.3 Å². The number of nitrogens with zero attached hydrogens (tertiary/aromatic N) is 3. The van der Waals surface area contributed by atoms with Gasteiger partial charge in [0.25, 0.3) is 0 Å². The van der Waals surface area contributed by atoms with Crippen LogP contribution in [0.25, 0.3) is 22.4 Å². The highest BCUT2D eigenvalue weighted by Gasteiger charge is 2.15. The lowest BCUT2D eigenvalue weighted by atomic mass is 10.1. The van der Waals surface area contributed by atoms with Crippen molar-refractivity contribution in [1.29, 1.82) is 0 Å². The van der Waals surface area contributed by atoms with Gasteiger partial charge in [0.2, 0.25) is 0 Å². The van der Waals surface area contributed by atoms with Gasteiger partial charge in [-0.15, -0.1) is 0 Å². The number of aromatic nitrogens is 3. The molecule has 0 aliphatic carbocycles. The van der Waals surface area contributed by atoms with Crippen LogP contribution >= 0.6 is 0 Å². The summed E-state index contributed by atoms with van der Waals surface area (Å²) in [5, 5.41) is 0. The fraction of sp³-hybridized carbons (Fsp3) is 0.250. The van der Waals surface area contributed by atoms with Gasteiger partial charge >= 0.3 is 0 Å². The predicted molar refractivity (Wildman–Crippen MR) is 82.5 cm³/mol. The Morgan fingerprint density at radius 3 is 2.70 bits per heavy atom. The van der Waals surface area contributed by atoms with Gasteiger partial charge in [-0.05, 0) is 50.6 Å². The summed E-state index contributed by atoms with van der Waals surface area (Å²) in [7, 11) is 0. The largest absolute Gasteiger partial charge is 0.399 e. The van der Waals surface area contributed by atoms with Crippen molar-refractivity contribution < 1.29 is 0 Å². The number of benzene rings is 1. The van der Waals surface area contributed by atoms with Crippen LogP contribution in [0.15, 0.2) is 36.7 Å². The van der Waals surface area contributed by atoms with Crippen molar-refractivity contribution in [2.24, 2.45) is 0 Å². The van der Waals surface area contributed by atoms with Gasteiger partial charge in [0, 0.05) is 23.5 Å². The summed E-state index contributed by atoms with van der Waals surface area (Å²) in [6.07, 6.45) is 3.61. The Morgan fingerprint density at radius 2 is 2.00 bits per heavy atom. The molecule has 0 saturated carbocycles. The lowest BCUT2D eigenvalue weighted by Crippen LogP contribution is -2.03. The summed E-state index contributed by atoms with van der Waals surface area (Å²) in [6, 6.07) is 8.39. The summed E-state index contributed by atoms with van der Waals surface area (Å²) >= 11 is 0. The van der Waals surface area contributed by atoms with Crippen LogP contribution in [-0.4, -0.2) is 14.5 Å². The Morgan fingerprint density at radius 1 is 1.20 bits per heavy atom. The molecule has 0 bridgehead atoms. The topological polar surface area (TPSA) is 56.7 Å². The maximum absolute atomic E-state index is 5.90. The molecule has 0 amide bonds. The number of pyridine rings is 1. The molecule has 0 radical (unpaired) electrons. The van der Waals surface area contributed by atoms with Crippen molar-refractivity contribution in [3.8, 4) is 11.4 Å². The van der Waals surface area contributed by atoms with Crippen molar-refractivity contribution in [3.05, 3.63) is 42.2 Å². The zero-order valence-electron chi connectivity index (χ0n) is 12.0. The molecule has 0 aliphatic heterocycles. The molecule has 0 fully saturated rings. The highest BCUT2D eigenvalue weighted by Crippen LogP contribution is 2.29. The van der Waals surface area contributed by atoms with Crippen molar-refractivity contribution >= 4 is 16.7 Å². The Bertz CT molecular complexity index is 771. The second-order valence-electron chi connectivity index (χ2n) is 5.33. The van der Waals surface area contributed by atoms with E-state index in [1.807, 2.05) is 31.3 Å². The number of nitrogen functional groups attached to an aromatic ring is 1. The second kappa shape index (κ2) is 4.63. The third-order valence-corrected chi connectivity index (χ3v) is 3.54. The summed E-state index contributed by atoms with van der Waals surface area (Å²) in [5.74, 6) is 0.964. The smallest absolute Gasteiger partial charge is 0.141 e. The Labute approximate surface area is 118 Å². The average molecular weight is 266 g/mol. The molecule has 4 heteroatoms. The van der Waals surface area contributed by atoms with Gasteiger partial charge in [0.1, 0.15) is 11.3 Å². The van der Waals surface area contributed by atoms with E-state index in [1.165, 1.54) is 0 Å². The molecule has 0 spiro atoms. The molecule has 0 aliphatic rings. The number of imidazole rings is 1. The molecule has 2 heterocycles. The molecule has 3 aromatic rings. The predicted octanol–water partition coefficient (Wildman–Crippen LogP) is 3.57. The summed E-state index contributed by atoms with van der Waals surface area (Å²) in [6.45, 7) is 6.34. The number of rotatable bonds is 2. The lowest BCUT2D eigenvalue weighted by molar-refractivity contribution is 0.624. The van der Waals surface area contributed by atoms with E-state index in [4.69, 9.17) is 10.7 Å². The minimum atomic E-state index is 0.329. The molecule has 1 aromatic carbocycles. The molecule has 2 aromatic heterocycles. The van der Waals surface area contributed by atoms with E-state index in [9.17, 15) is 0 Å². The maximum Gasteiger partial charge on any atom is 0.141 e. The first kappa shape index (κ1) is 12.7. The fourth-order valence-electron chi connectivity index (χ4n) is 2.49. The normalized spacial score (nSPS) is 11.4. The van der Waals surface area contributed by atoms with Gasteiger partial charge in [-0.2, -0.15) is 0 Å². The molecular formula is C16H18N4. The summed E-state index contributed by atoms with van der Waals surface area (Å²) in [4.78, 5) is 8.89. The van der Waals surface area contributed by atoms with Crippen LogP contribution in [0.3, 0.4) is 0 Å². The van der Waals surface area contributed by atoms with E-state index in [1.54, 1.807) is 6.20 Å². The van der Waals surface area contributed by atoms with Gasteiger partial charge in [-0.25, -0.2) is 4.98 Å². The van der Waals surface area contributed by atoms with Gasteiger partial charge in [0.15, 0.2) is 0 Å². The standard InChI is InChI=1S/C16H18N4/c1-10(2)20-15-6-7-18-9-14(15)19-16(20)12-4-5-13(17)11(3)8-12/h4-10H,17H2,1-3H3. The van der Waals surface area contributed by atoms with Crippen molar-refractivity contribution in [2.75, 3.05) is 5.73 Å². The van der Waals surface area contributed by atoms with Gasteiger partial charge in [0.05, 0.1) is 11.7 Å². The van der Waals surface area contributed by atoms with Gasteiger partial charge in [-0.3, -0.25) is 4.98 Å². The van der Waals surface area contributed by atoms with Crippen LogP contribution < -0.4 is 5.73 Å². The first-order valence-corrected chi connectivity index (χ1v) is 6.76. The number of fused-ring (bicyclic) bond motifs is 1. The molecular weight excluding hydrogens is 248 g/mol. The van der Waals surface area contributed by atoms with Crippen LogP contribution in [-0.2, 0) is 0 Å². The van der Waals surface area contributed by atoms with Crippen LogP contribution in [0.1, 0.15) is 25.5 Å². The van der Waals surface area contributed by atoms with E-state index in [0.29, 0.717) is 6.04 Å². The zero-order chi connectivity index (χ0) is 14.3. The van der Waals surface area contributed by atoms with E-state index < -0.39 is 0 Å². The number of anilines is 1. The SMILES string of the molecule is Cc1cc(-c2nc3cnccc3n2C(C)C)ccc1N. The first-order valence-electron chi connectivity index (χ1n) is 6.76. The second-order valence-corrected chi connectivity index (χ2v) is 5.33. The quantitative estimate of drug-likeness (QED) is 0.721. The molecule has 0 atom stereocenters. The Hall–Kier alpha value is -2.36. The van der Waals surface area contributed by atoms with Crippen molar-refractivity contribution in [1.82, 2.24) is 14.5 Å². The summed E-state index contributed by atoms with van der Waals surface area (Å²) in [5.41, 5.74) is 10.9. The summed E-state index contributed by atoms with van der Waals surface area (Å²) < 4.78 is 2.24. The van der Waals surface area contributed by atoms with Crippen LogP contribution in [0, 0.1) is 6.92 Å². The van der Waals surface area contributed by atoms with E-state index >= 15 is 0 Å². The molecule has 3 rings (SSSR count). The average Bonchev–Trinajstić information content (AvgIpc) is 2.81. The molecule has 102 valence electrons. The minimum Gasteiger partial charge on any atom is -0.399 e. The maximum atomic E-state index is 5.90. The molecule has 20 heavy (non-hydrogen) atoms. The molecule has 4 nitrogen and oxygen atoms in total. The van der Waals surface area contributed by atoms with Crippen molar-refractivity contribution in [3.63, 3.8) is 0 Å². The number of hydrogen-bond acceptors (Lipinski definition) is 3. The first-order chi connectivity index (χ1) is 9.58. The van der Waals surface area contributed by atoms with E-state index in [-0.39, 0.29) is 0 Å². The monoisotopic (exact) mass is 266 g/mol. The van der Waals surface area contributed by atoms with E-state index in [0.717, 1.165) is 33.7 Å². The lowest BCUT2D eigenvalue weighted by Gasteiger charge is -2.13. The van der Waals surface area contributed by atoms with E-state index in [2.05, 4.69) is 29.5 Å². The third-order valence-electron chi connectivity index (χ3n) is 3.54. The van der Waals surface area contributed by atoms with Crippen molar-refractivity contribution in [2.45, 2.75) is 26.8 Å². The fourth-order valence-corrected chi connectivity index (χ4v) is 2.49. The Kier molecular flexibility index (Phi) is 2.93. The number of hydrogen-bond donors (Lipinski definition) is 1. The number of nitrogens with two attached hydrogens (primary N) is 1. The van der Waals surface area contributed by atoms with Crippen LogP contribution in [0.4, 0.5) is 5.69 Å². The highest BCUT2D eigenvalue weighted by atomic mass is 15.1. The highest BCUT2D eigenvalue weighted by molar-refractivity contribution is 5.80. The zero-order valence-corrected chi connectivity index (χ0v) is 12.0. The minimum absolute atomic E-state index is 0.329. The molecule has 0 unspecified atom stereocenters. The molecule has 2 N–H and O–H groups in total. The third kappa shape index (κ3) is 1.93. The van der Waals surface area contributed by atoms with Gasteiger partial charge in [-0.1, -0.05) is 0 Å². The Balaban J connectivity index is 2.29.